The molecule has 0 radical (unpaired) electrons. The topological polar surface area (TPSA) is 44.8 Å². The highest BCUT2D eigenvalue weighted by Crippen LogP contribution is 2.43. The van der Waals surface area contributed by atoms with Crippen LogP contribution in [0.5, 0.6) is 0 Å². The van der Waals surface area contributed by atoms with Gasteiger partial charge in [-0.1, -0.05) is 43.3 Å². The number of ether oxygens (including phenoxy) is 1. The van der Waals surface area contributed by atoms with Gasteiger partial charge in [-0.15, -0.1) is 0 Å². The van der Waals surface area contributed by atoms with E-state index in [2.05, 4.69) is 4.89 Å². The van der Waals surface area contributed by atoms with Gasteiger partial charge >= 0.3 is 0 Å². The first-order valence-corrected chi connectivity index (χ1v) is 9.37. The molecule has 0 bridgehead atoms. The van der Waals surface area contributed by atoms with E-state index < -0.39 is 12.3 Å². The van der Waals surface area contributed by atoms with Crippen molar-refractivity contribution in [3.63, 3.8) is 0 Å². The van der Waals surface area contributed by atoms with Crippen molar-refractivity contribution >= 4 is 29.2 Å². The van der Waals surface area contributed by atoms with E-state index in [-0.39, 0.29) is 5.78 Å². The predicted molar refractivity (Wildman–Crippen MR) is 103 cm³/mol. The number of hydrogen-bond acceptors (Lipinski definition) is 5. The van der Waals surface area contributed by atoms with Crippen LogP contribution in [-0.4, -0.2) is 18.5 Å². The van der Waals surface area contributed by atoms with Crippen molar-refractivity contribution in [2.75, 3.05) is 7.11 Å². The van der Waals surface area contributed by atoms with Crippen LogP contribution < -0.4 is 0 Å². The monoisotopic (exact) mass is 388 g/mol. The first-order valence-electron chi connectivity index (χ1n) is 8.63. The summed E-state index contributed by atoms with van der Waals surface area (Å²) in [6, 6.07) is 14.4. The van der Waals surface area contributed by atoms with E-state index >= 15 is 0 Å². The minimum absolute atomic E-state index is 0.0610. The summed E-state index contributed by atoms with van der Waals surface area (Å²) >= 11 is 1.10. The molecule has 1 heterocycles. The lowest BCUT2D eigenvalue weighted by molar-refractivity contribution is -0.160. The van der Waals surface area contributed by atoms with Crippen molar-refractivity contribution in [3.05, 3.63) is 65.2 Å². The van der Waals surface area contributed by atoms with E-state index in [9.17, 15) is 9.18 Å². The van der Waals surface area contributed by atoms with E-state index in [1.54, 1.807) is 31.2 Å². The number of rotatable bonds is 7. The maximum Gasteiger partial charge on any atom is 0.210 e. The van der Waals surface area contributed by atoms with Gasteiger partial charge in [-0.3, -0.25) is 4.79 Å². The van der Waals surface area contributed by atoms with Crippen molar-refractivity contribution in [2.45, 2.75) is 37.4 Å². The molecule has 2 aromatic rings. The molecular weight excluding hydrogens is 367 g/mol. The molecule has 1 aliphatic rings. The third kappa shape index (κ3) is 3.93. The van der Waals surface area contributed by atoms with Gasteiger partial charge in [0.1, 0.15) is 12.4 Å². The molecule has 142 valence electrons. The summed E-state index contributed by atoms with van der Waals surface area (Å²) in [5.74, 6) is 0.482. The third-order valence-electron chi connectivity index (χ3n) is 4.65. The second-order valence-electron chi connectivity index (χ2n) is 6.39. The summed E-state index contributed by atoms with van der Waals surface area (Å²) in [5.41, 5.74) is 1.72. The fraction of sp³-hybridized carbons (Fsp3) is 0.286. The molecule has 0 saturated carbocycles. The van der Waals surface area contributed by atoms with Crippen LogP contribution in [0.2, 0.25) is 0 Å². The number of carbonyl (C=O) groups excluding carboxylic acids is 1. The highest BCUT2D eigenvalue weighted by molar-refractivity contribution is 7.94. The van der Waals surface area contributed by atoms with E-state index in [0.29, 0.717) is 23.3 Å². The fourth-order valence-electron chi connectivity index (χ4n) is 2.88. The lowest BCUT2D eigenvalue weighted by Crippen LogP contribution is -2.32. The van der Waals surface area contributed by atoms with Crippen LogP contribution in [0.4, 0.5) is 4.39 Å². The van der Waals surface area contributed by atoms with Crippen molar-refractivity contribution in [1.82, 2.24) is 0 Å². The predicted octanol–water partition coefficient (Wildman–Crippen LogP) is 5.38. The van der Waals surface area contributed by atoms with Crippen molar-refractivity contribution in [2.24, 2.45) is 0 Å². The second-order valence-corrected chi connectivity index (χ2v) is 7.17. The van der Waals surface area contributed by atoms with Gasteiger partial charge < -0.3 is 4.74 Å². The SMILES string of the molecule is CCC1(C)OC(c2ccc(SOOC)cc2)=C(c2ccc(CF)cc2)C1=O. The molecule has 1 unspecified atom stereocenters. The molecule has 3 rings (SSSR count). The molecule has 0 spiro atoms. The number of ketones is 1. The second kappa shape index (κ2) is 8.25. The minimum atomic E-state index is -0.907. The molecule has 0 fully saturated rings. The number of alkyl halides is 1. The Kier molecular flexibility index (Phi) is 5.99. The maximum atomic E-state index is 13.1. The Morgan fingerprint density at radius 2 is 1.70 bits per heavy atom. The molecule has 2 aromatic carbocycles. The van der Waals surface area contributed by atoms with Gasteiger partial charge in [0, 0.05) is 10.5 Å². The summed E-state index contributed by atoms with van der Waals surface area (Å²) in [4.78, 5) is 18.5. The Morgan fingerprint density at radius 1 is 1.07 bits per heavy atom. The van der Waals surface area contributed by atoms with E-state index in [1.165, 1.54) is 7.11 Å². The maximum absolute atomic E-state index is 13.1. The van der Waals surface area contributed by atoms with Gasteiger partial charge in [0.05, 0.1) is 24.7 Å². The van der Waals surface area contributed by atoms with Crippen LogP contribution in [0.1, 0.15) is 37.0 Å². The highest BCUT2D eigenvalue weighted by Gasteiger charge is 2.45. The third-order valence-corrected chi connectivity index (χ3v) is 5.32. The Hall–Kier alpha value is -2.15. The van der Waals surface area contributed by atoms with Crippen LogP contribution in [-0.2, 0) is 25.4 Å². The first kappa shape index (κ1) is 19.6. The molecule has 6 heteroatoms. The standard InChI is InChI=1S/C21H21FO4S/c1-4-21(2)20(23)18(15-7-5-14(13-22)6-8-15)19(25-21)16-9-11-17(12-10-16)27-26-24-3/h5-12H,4,13H2,1-3H3. The molecule has 4 nitrogen and oxygen atoms in total. The number of hydrogen-bond donors (Lipinski definition) is 0. The normalized spacial score (nSPS) is 19.5. The molecule has 0 N–H and O–H groups in total. The summed E-state index contributed by atoms with van der Waals surface area (Å²) in [5, 5.41) is 0. The van der Waals surface area contributed by atoms with Crippen LogP contribution in [0, 0.1) is 0 Å². The lowest BCUT2D eigenvalue weighted by Gasteiger charge is -2.21. The quantitative estimate of drug-likeness (QED) is 0.362. The molecule has 0 aliphatic carbocycles. The number of Topliss-reactive ketones (excluding diaryl/α,β-unsaturated/α-hetero) is 1. The Labute approximate surface area is 162 Å². The molecule has 1 atom stereocenters. The number of halogens is 1. The lowest BCUT2D eigenvalue weighted by atomic mass is 9.89. The minimum Gasteiger partial charge on any atom is -0.478 e. The average molecular weight is 388 g/mol. The van der Waals surface area contributed by atoms with E-state index in [1.807, 2.05) is 31.2 Å². The molecule has 0 aromatic heterocycles. The zero-order valence-corrected chi connectivity index (χ0v) is 16.3. The van der Waals surface area contributed by atoms with Crippen molar-refractivity contribution in [1.29, 1.82) is 0 Å². The average Bonchev–Trinajstić information content (AvgIpc) is 2.98. The van der Waals surface area contributed by atoms with Gasteiger partial charge in [0.2, 0.25) is 5.78 Å². The molecule has 27 heavy (non-hydrogen) atoms. The summed E-state index contributed by atoms with van der Waals surface area (Å²) in [7, 11) is 1.44. The Balaban J connectivity index is 2.03. The largest absolute Gasteiger partial charge is 0.478 e. The van der Waals surface area contributed by atoms with Crippen LogP contribution in [0.15, 0.2) is 53.4 Å². The van der Waals surface area contributed by atoms with Crippen LogP contribution in [0.25, 0.3) is 11.3 Å². The van der Waals surface area contributed by atoms with Gasteiger partial charge in [0.15, 0.2) is 5.60 Å². The zero-order chi connectivity index (χ0) is 19.4. The fourth-order valence-corrected chi connectivity index (χ4v) is 3.28. The van der Waals surface area contributed by atoms with Crippen molar-refractivity contribution in [3.8, 4) is 0 Å². The molecule has 1 aliphatic heterocycles. The smallest absolute Gasteiger partial charge is 0.210 e. The summed E-state index contributed by atoms with van der Waals surface area (Å²) < 4.78 is 23.8. The number of carbonyl (C=O) groups is 1. The van der Waals surface area contributed by atoms with Crippen LogP contribution in [0.3, 0.4) is 0 Å². The molecule has 0 saturated heterocycles. The van der Waals surface area contributed by atoms with Gasteiger partial charge in [-0.2, -0.15) is 4.33 Å². The highest BCUT2D eigenvalue weighted by atomic mass is 32.2. The first-order chi connectivity index (χ1) is 13.0. The van der Waals surface area contributed by atoms with Crippen molar-refractivity contribution < 1.29 is 23.1 Å². The molecule has 0 amide bonds. The Morgan fingerprint density at radius 3 is 2.26 bits per heavy atom. The van der Waals surface area contributed by atoms with Gasteiger partial charge in [-0.25, -0.2) is 9.28 Å². The van der Waals surface area contributed by atoms with Gasteiger partial charge in [0.25, 0.3) is 0 Å². The zero-order valence-electron chi connectivity index (χ0n) is 15.5. The summed E-state index contributed by atoms with van der Waals surface area (Å²) in [6.45, 7) is 3.19. The van der Waals surface area contributed by atoms with E-state index in [0.717, 1.165) is 28.1 Å². The van der Waals surface area contributed by atoms with E-state index in [4.69, 9.17) is 9.07 Å². The summed E-state index contributed by atoms with van der Waals surface area (Å²) in [6.07, 6.45) is 0.553. The molecular formula is C21H21FO4S. The number of benzene rings is 2. The van der Waals surface area contributed by atoms with Crippen LogP contribution >= 0.6 is 12.0 Å². The Bertz CT molecular complexity index is 845. The van der Waals surface area contributed by atoms with Gasteiger partial charge in [-0.05, 0) is 36.6 Å².